The molecule has 0 aromatic carbocycles. The lowest BCUT2D eigenvalue weighted by atomic mass is 9.84. The first kappa shape index (κ1) is 13.6. The fourth-order valence-electron chi connectivity index (χ4n) is 2.67. The van der Waals surface area contributed by atoms with Gasteiger partial charge in [0.25, 0.3) is 0 Å². The molecule has 3 heteroatoms. The van der Waals surface area contributed by atoms with Crippen molar-refractivity contribution in [3.63, 3.8) is 0 Å². The molecule has 2 aliphatic rings. The van der Waals surface area contributed by atoms with Crippen LogP contribution in [0.3, 0.4) is 0 Å². The zero-order valence-electron chi connectivity index (χ0n) is 11.3. The van der Waals surface area contributed by atoms with Crippen LogP contribution in [-0.4, -0.2) is 24.8 Å². The average molecular weight is 252 g/mol. The molecule has 102 valence electrons. The topological polar surface area (TPSA) is 38.8 Å². The summed E-state index contributed by atoms with van der Waals surface area (Å²) in [5, 5.41) is 0. The summed E-state index contributed by atoms with van der Waals surface area (Å²) in [5.41, 5.74) is 0.652. The van der Waals surface area contributed by atoms with Crippen molar-refractivity contribution in [2.45, 2.75) is 64.1 Å². The summed E-state index contributed by atoms with van der Waals surface area (Å²) in [6.07, 6.45) is 8.41. The van der Waals surface area contributed by atoms with Gasteiger partial charge in [-0.1, -0.05) is 32.8 Å². The number of carbonyl (C=O) groups is 1. The lowest BCUT2D eigenvalue weighted by Gasteiger charge is -2.20. The van der Waals surface area contributed by atoms with Gasteiger partial charge in [0.1, 0.15) is 0 Å². The number of epoxide rings is 1. The van der Waals surface area contributed by atoms with E-state index in [2.05, 4.69) is 13.5 Å². The lowest BCUT2D eigenvalue weighted by Crippen LogP contribution is -2.21. The molecule has 1 saturated heterocycles. The van der Waals surface area contributed by atoms with Crippen LogP contribution in [0, 0.1) is 5.92 Å². The Morgan fingerprint density at radius 1 is 1.28 bits per heavy atom. The van der Waals surface area contributed by atoms with Gasteiger partial charge in [-0.05, 0) is 31.6 Å². The second-order valence-corrected chi connectivity index (χ2v) is 5.44. The van der Waals surface area contributed by atoms with Gasteiger partial charge in [0, 0.05) is 5.57 Å². The molecule has 3 unspecified atom stereocenters. The number of unbranched alkanes of at least 4 members (excludes halogenated alkanes) is 3. The SMILES string of the molecule is C=C(C(=O)OCCCCCC)C1CCC2OC2C1. The molecule has 1 aliphatic carbocycles. The molecule has 2 rings (SSSR count). The molecule has 2 fully saturated rings. The Hall–Kier alpha value is -0.830. The first-order chi connectivity index (χ1) is 8.72. The molecule has 0 N–H and O–H groups in total. The molecule has 3 atom stereocenters. The maximum Gasteiger partial charge on any atom is 0.333 e. The minimum Gasteiger partial charge on any atom is -0.462 e. The quantitative estimate of drug-likeness (QED) is 0.302. The van der Waals surface area contributed by atoms with E-state index in [9.17, 15) is 4.79 Å². The van der Waals surface area contributed by atoms with Crippen LogP contribution in [0.1, 0.15) is 51.9 Å². The summed E-state index contributed by atoms with van der Waals surface area (Å²) in [6, 6.07) is 0. The minimum atomic E-state index is -0.199. The van der Waals surface area contributed by atoms with Crippen LogP contribution in [-0.2, 0) is 14.3 Å². The molecule has 0 aromatic heterocycles. The number of hydrogen-bond acceptors (Lipinski definition) is 3. The third-order valence-electron chi connectivity index (χ3n) is 3.99. The maximum atomic E-state index is 11.8. The largest absolute Gasteiger partial charge is 0.462 e. The maximum absolute atomic E-state index is 11.8. The van der Waals surface area contributed by atoms with Crippen LogP contribution in [0.2, 0.25) is 0 Å². The van der Waals surface area contributed by atoms with Gasteiger partial charge in [-0.2, -0.15) is 0 Å². The Bertz CT molecular complexity index is 311. The second-order valence-electron chi connectivity index (χ2n) is 5.44. The van der Waals surface area contributed by atoms with Crippen LogP contribution in [0.4, 0.5) is 0 Å². The molecule has 0 spiro atoms. The molecule has 0 bridgehead atoms. The lowest BCUT2D eigenvalue weighted by molar-refractivity contribution is -0.139. The highest BCUT2D eigenvalue weighted by atomic mass is 16.6. The Balaban J connectivity index is 1.63. The van der Waals surface area contributed by atoms with E-state index in [1.807, 2.05) is 0 Å². The molecule has 18 heavy (non-hydrogen) atoms. The van der Waals surface area contributed by atoms with E-state index in [1.165, 1.54) is 12.8 Å². The predicted octanol–water partition coefficient (Wildman–Crippen LogP) is 3.23. The molecule has 0 aromatic rings. The highest BCUT2D eigenvalue weighted by molar-refractivity contribution is 5.88. The summed E-state index contributed by atoms with van der Waals surface area (Å²) in [5.74, 6) is 0.0764. The average Bonchev–Trinajstić information content (AvgIpc) is 3.15. The van der Waals surface area contributed by atoms with Gasteiger partial charge in [0.15, 0.2) is 0 Å². The van der Waals surface area contributed by atoms with Crippen LogP contribution < -0.4 is 0 Å². The molecule has 1 saturated carbocycles. The van der Waals surface area contributed by atoms with Gasteiger partial charge in [0.2, 0.25) is 0 Å². The molecule has 0 radical (unpaired) electrons. The summed E-state index contributed by atoms with van der Waals surface area (Å²) in [4.78, 5) is 11.8. The van der Waals surface area contributed by atoms with Crippen LogP contribution in [0.5, 0.6) is 0 Å². The number of rotatable bonds is 7. The van der Waals surface area contributed by atoms with Crippen molar-refractivity contribution >= 4 is 5.97 Å². The Kier molecular flexibility index (Phi) is 4.81. The highest BCUT2D eigenvalue weighted by Gasteiger charge is 2.45. The van der Waals surface area contributed by atoms with E-state index in [1.54, 1.807) is 0 Å². The highest BCUT2D eigenvalue weighted by Crippen LogP contribution is 2.41. The van der Waals surface area contributed by atoms with Gasteiger partial charge in [0.05, 0.1) is 18.8 Å². The van der Waals surface area contributed by atoms with Crippen molar-refractivity contribution in [3.8, 4) is 0 Å². The standard InChI is InChI=1S/C15H24O3/c1-3-4-5-6-9-17-15(16)11(2)12-7-8-13-14(10-12)18-13/h12-14H,2-10H2,1H3. The molecule has 0 amide bonds. The molecule has 3 nitrogen and oxygen atoms in total. The Morgan fingerprint density at radius 2 is 2.11 bits per heavy atom. The third kappa shape index (κ3) is 3.58. The summed E-state index contributed by atoms with van der Waals surface area (Å²) < 4.78 is 10.7. The molecular formula is C15H24O3. The number of carbonyl (C=O) groups excluding carboxylic acids is 1. The van der Waals surface area contributed by atoms with Crippen LogP contribution in [0.15, 0.2) is 12.2 Å². The number of esters is 1. The normalized spacial score (nSPS) is 29.5. The van der Waals surface area contributed by atoms with Gasteiger partial charge < -0.3 is 9.47 Å². The Morgan fingerprint density at radius 3 is 2.83 bits per heavy atom. The minimum absolute atomic E-state index is 0.199. The first-order valence-corrected chi connectivity index (χ1v) is 7.23. The smallest absolute Gasteiger partial charge is 0.333 e. The van der Waals surface area contributed by atoms with E-state index in [0.29, 0.717) is 24.4 Å². The van der Waals surface area contributed by atoms with Crippen LogP contribution in [0.25, 0.3) is 0 Å². The summed E-state index contributed by atoms with van der Waals surface area (Å²) in [7, 11) is 0. The summed E-state index contributed by atoms with van der Waals surface area (Å²) >= 11 is 0. The zero-order chi connectivity index (χ0) is 13.0. The second kappa shape index (κ2) is 6.37. The van der Waals surface area contributed by atoms with E-state index in [4.69, 9.17) is 9.47 Å². The van der Waals surface area contributed by atoms with E-state index >= 15 is 0 Å². The van der Waals surface area contributed by atoms with E-state index in [0.717, 1.165) is 32.1 Å². The molecular weight excluding hydrogens is 228 g/mol. The number of hydrogen-bond donors (Lipinski definition) is 0. The van der Waals surface area contributed by atoms with Gasteiger partial charge in [-0.3, -0.25) is 0 Å². The van der Waals surface area contributed by atoms with E-state index < -0.39 is 0 Å². The predicted molar refractivity (Wildman–Crippen MR) is 70.2 cm³/mol. The number of ether oxygens (including phenoxy) is 2. The fraction of sp³-hybridized carbons (Fsp3) is 0.800. The van der Waals surface area contributed by atoms with Gasteiger partial charge in [-0.15, -0.1) is 0 Å². The third-order valence-corrected chi connectivity index (χ3v) is 3.99. The van der Waals surface area contributed by atoms with Crippen molar-refractivity contribution in [2.24, 2.45) is 5.92 Å². The number of fused-ring (bicyclic) bond motifs is 1. The zero-order valence-corrected chi connectivity index (χ0v) is 11.3. The van der Waals surface area contributed by atoms with Crippen molar-refractivity contribution in [1.29, 1.82) is 0 Å². The molecule has 1 heterocycles. The first-order valence-electron chi connectivity index (χ1n) is 7.23. The van der Waals surface area contributed by atoms with Crippen LogP contribution >= 0.6 is 0 Å². The van der Waals surface area contributed by atoms with Crippen molar-refractivity contribution in [2.75, 3.05) is 6.61 Å². The summed E-state index contributed by atoms with van der Waals surface area (Å²) in [6.45, 7) is 6.62. The fourth-order valence-corrected chi connectivity index (χ4v) is 2.67. The van der Waals surface area contributed by atoms with Crippen molar-refractivity contribution < 1.29 is 14.3 Å². The monoisotopic (exact) mass is 252 g/mol. The Labute approximate surface area is 110 Å². The molecule has 1 aliphatic heterocycles. The van der Waals surface area contributed by atoms with Gasteiger partial charge >= 0.3 is 5.97 Å². The van der Waals surface area contributed by atoms with Crippen molar-refractivity contribution in [1.82, 2.24) is 0 Å². The van der Waals surface area contributed by atoms with Gasteiger partial charge in [-0.25, -0.2) is 4.79 Å². The van der Waals surface area contributed by atoms with Crippen molar-refractivity contribution in [3.05, 3.63) is 12.2 Å². The van der Waals surface area contributed by atoms with E-state index in [-0.39, 0.29) is 11.9 Å².